The van der Waals surface area contributed by atoms with Crippen molar-refractivity contribution in [1.29, 1.82) is 0 Å². The van der Waals surface area contributed by atoms with E-state index in [1.165, 1.54) is 0 Å². The first kappa shape index (κ1) is 10.6. The maximum absolute atomic E-state index is 12.0. The lowest BCUT2D eigenvalue weighted by Crippen LogP contribution is -2.31. The SMILES string of the molecule is CC[n+]1ccn(C(=O)n2cc[n+](CC)c2)c1. The van der Waals surface area contributed by atoms with Gasteiger partial charge in [0.05, 0.1) is 13.1 Å². The van der Waals surface area contributed by atoms with Crippen molar-refractivity contribution >= 4 is 6.03 Å². The molecule has 0 N–H and O–H groups in total. The summed E-state index contributed by atoms with van der Waals surface area (Å²) in [4.78, 5) is 12.0. The van der Waals surface area contributed by atoms with Crippen LogP contribution < -0.4 is 9.13 Å². The van der Waals surface area contributed by atoms with Gasteiger partial charge in [0, 0.05) is 0 Å². The van der Waals surface area contributed by atoms with Crippen molar-refractivity contribution in [3.63, 3.8) is 0 Å². The fourth-order valence-corrected chi connectivity index (χ4v) is 1.52. The fraction of sp³-hybridized carbons (Fsp3) is 0.364. The molecule has 5 nitrogen and oxygen atoms in total. The van der Waals surface area contributed by atoms with E-state index >= 15 is 0 Å². The molecule has 0 fully saturated rings. The molecule has 0 aromatic carbocycles. The second kappa shape index (κ2) is 4.30. The van der Waals surface area contributed by atoms with Crippen molar-refractivity contribution in [3.05, 3.63) is 37.4 Å². The van der Waals surface area contributed by atoms with Crippen molar-refractivity contribution in [2.24, 2.45) is 0 Å². The van der Waals surface area contributed by atoms with Gasteiger partial charge in [-0.3, -0.25) is 0 Å². The van der Waals surface area contributed by atoms with Gasteiger partial charge in [0.25, 0.3) is 12.7 Å². The largest absolute Gasteiger partial charge is 0.513 e. The van der Waals surface area contributed by atoms with Crippen molar-refractivity contribution < 1.29 is 13.9 Å². The summed E-state index contributed by atoms with van der Waals surface area (Å²) in [5, 5.41) is 0. The van der Waals surface area contributed by atoms with Gasteiger partial charge in [-0.05, 0) is 13.8 Å². The van der Waals surface area contributed by atoms with E-state index in [4.69, 9.17) is 0 Å². The maximum atomic E-state index is 12.0. The average molecular weight is 220 g/mol. The van der Waals surface area contributed by atoms with Crippen LogP contribution in [0.5, 0.6) is 0 Å². The Balaban J connectivity index is 2.24. The highest BCUT2D eigenvalue weighted by atomic mass is 16.2. The molecular formula is C11H16N4O+2. The van der Waals surface area contributed by atoms with Crippen LogP contribution in [0.15, 0.2) is 37.4 Å². The molecule has 2 aromatic rings. The molecule has 0 radical (unpaired) electrons. The van der Waals surface area contributed by atoms with E-state index in [9.17, 15) is 4.79 Å². The summed E-state index contributed by atoms with van der Waals surface area (Å²) in [7, 11) is 0. The van der Waals surface area contributed by atoms with Crippen LogP contribution in [0.4, 0.5) is 4.79 Å². The molecule has 16 heavy (non-hydrogen) atoms. The highest BCUT2D eigenvalue weighted by Crippen LogP contribution is 1.91. The molecule has 0 spiro atoms. The predicted octanol–water partition coefficient (Wildman–Crippen LogP) is 0.421. The lowest BCUT2D eigenvalue weighted by atomic mass is 10.7. The fourth-order valence-electron chi connectivity index (χ4n) is 1.52. The highest BCUT2D eigenvalue weighted by Gasteiger charge is 2.20. The lowest BCUT2D eigenvalue weighted by molar-refractivity contribution is -0.693. The minimum atomic E-state index is -0.0700. The van der Waals surface area contributed by atoms with Crippen LogP contribution in [0, 0.1) is 0 Å². The maximum Gasteiger partial charge on any atom is 0.513 e. The van der Waals surface area contributed by atoms with E-state index in [1.54, 1.807) is 34.2 Å². The van der Waals surface area contributed by atoms with E-state index in [0.717, 1.165) is 13.1 Å². The van der Waals surface area contributed by atoms with Crippen LogP contribution in [-0.2, 0) is 13.1 Å². The van der Waals surface area contributed by atoms with Crippen LogP contribution in [0.2, 0.25) is 0 Å². The Hall–Kier alpha value is -1.91. The topological polar surface area (TPSA) is 34.7 Å². The molecule has 84 valence electrons. The third-order valence-electron chi connectivity index (χ3n) is 2.55. The standard InChI is InChI=1S/C11H16N4O/c1-3-12-5-7-14(9-12)11(16)15-8-6-13(4-2)10-15/h5-10H,3-4H2,1-2H3/q+2. The average Bonchev–Trinajstić information content (AvgIpc) is 2.97. The first-order valence-electron chi connectivity index (χ1n) is 5.43. The van der Waals surface area contributed by atoms with Gasteiger partial charge in [-0.25, -0.2) is 9.13 Å². The van der Waals surface area contributed by atoms with Gasteiger partial charge in [-0.15, -0.1) is 9.13 Å². The van der Waals surface area contributed by atoms with Crippen LogP contribution in [-0.4, -0.2) is 15.2 Å². The zero-order valence-corrected chi connectivity index (χ0v) is 9.58. The zero-order chi connectivity index (χ0) is 11.5. The Morgan fingerprint density at radius 1 is 1.00 bits per heavy atom. The number of imidazole rings is 2. The minimum Gasteiger partial charge on any atom is -0.237 e. The van der Waals surface area contributed by atoms with Crippen LogP contribution in [0.25, 0.3) is 0 Å². The van der Waals surface area contributed by atoms with E-state index in [1.807, 2.05) is 35.4 Å². The van der Waals surface area contributed by atoms with Crippen molar-refractivity contribution in [3.8, 4) is 0 Å². The van der Waals surface area contributed by atoms with Crippen molar-refractivity contribution in [2.75, 3.05) is 0 Å². The van der Waals surface area contributed by atoms with E-state index in [2.05, 4.69) is 0 Å². The molecule has 2 aromatic heterocycles. The Morgan fingerprint density at radius 3 is 1.75 bits per heavy atom. The van der Waals surface area contributed by atoms with Gasteiger partial charge in [-0.2, -0.15) is 4.79 Å². The molecule has 0 bridgehead atoms. The van der Waals surface area contributed by atoms with Gasteiger partial charge >= 0.3 is 6.03 Å². The van der Waals surface area contributed by atoms with Gasteiger partial charge in [0.1, 0.15) is 24.8 Å². The molecule has 2 heterocycles. The molecule has 0 aliphatic rings. The molecule has 0 amide bonds. The molecule has 0 saturated carbocycles. The third-order valence-corrected chi connectivity index (χ3v) is 2.55. The van der Waals surface area contributed by atoms with Gasteiger partial charge in [0.2, 0.25) is 0 Å². The highest BCUT2D eigenvalue weighted by molar-refractivity contribution is 5.78. The first-order chi connectivity index (χ1) is 7.74. The summed E-state index contributed by atoms with van der Waals surface area (Å²) in [5.74, 6) is 0. The number of hydrogen-bond acceptors (Lipinski definition) is 1. The first-order valence-corrected chi connectivity index (χ1v) is 5.43. The molecule has 0 saturated heterocycles. The summed E-state index contributed by atoms with van der Waals surface area (Å²) < 4.78 is 7.05. The van der Waals surface area contributed by atoms with Crippen LogP contribution >= 0.6 is 0 Å². The number of nitrogens with zero attached hydrogens (tertiary/aromatic N) is 4. The number of aromatic nitrogens is 4. The molecule has 2 rings (SSSR count). The second-order valence-electron chi connectivity index (χ2n) is 3.59. The van der Waals surface area contributed by atoms with Crippen LogP contribution in [0.1, 0.15) is 13.8 Å². The summed E-state index contributed by atoms with van der Waals surface area (Å²) >= 11 is 0. The number of carbonyl (C=O) groups excluding carboxylic acids is 1. The lowest BCUT2D eigenvalue weighted by Gasteiger charge is -1.88. The Morgan fingerprint density at radius 2 is 1.44 bits per heavy atom. The second-order valence-corrected chi connectivity index (χ2v) is 3.59. The number of aryl methyl sites for hydroxylation is 2. The number of hydrogen-bond donors (Lipinski definition) is 0. The minimum absolute atomic E-state index is 0.0700. The van der Waals surface area contributed by atoms with Crippen LogP contribution in [0.3, 0.4) is 0 Å². The number of carbonyl (C=O) groups is 1. The Labute approximate surface area is 94.2 Å². The molecule has 0 aliphatic carbocycles. The van der Waals surface area contributed by atoms with Gasteiger partial charge < -0.3 is 0 Å². The Bertz CT molecular complexity index is 453. The molecule has 0 unspecified atom stereocenters. The van der Waals surface area contributed by atoms with Crippen molar-refractivity contribution in [2.45, 2.75) is 26.9 Å². The zero-order valence-electron chi connectivity index (χ0n) is 9.58. The van der Waals surface area contributed by atoms with Gasteiger partial charge in [0.15, 0.2) is 0 Å². The molecule has 5 heteroatoms. The third kappa shape index (κ3) is 1.88. The smallest absolute Gasteiger partial charge is 0.237 e. The quantitative estimate of drug-likeness (QED) is 0.675. The summed E-state index contributed by atoms with van der Waals surface area (Å²) in [6.07, 6.45) is 10.9. The van der Waals surface area contributed by atoms with E-state index in [0.29, 0.717) is 0 Å². The Kier molecular flexibility index (Phi) is 2.85. The summed E-state index contributed by atoms with van der Waals surface area (Å²) in [6.45, 7) is 5.80. The van der Waals surface area contributed by atoms with Gasteiger partial charge in [-0.1, -0.05) is 0 Å². The monoisotopic (exact) mass is 220 g/mol. The van der Waals surface area contributed by atoms with Crippen molar-refractivity contribution in [1.82, 2.24) is 9.13 Å². The molecule has 0 aliphatic heterocycles. The normalized spacial score (nSPS) is 10.6. The predicted molar refractivity (Wildman–Crippen MR) is 56.8 cm³/mol. The van der Waals surface area contributed by atoms with E-state index in [-0.39, 0.29) is 6.03 Å². The molecule has 0 atom stereocenters. The summed E-state index contributed by atoms with van der Waals surface area (Å²) in [6, 6.07) is -0.0700. The number of rotatable bonds is 2. The summed E-state index contributed by atoms with van der Waals surface area (Å²) in [5.41, 5.74) is 0. The van der Waals surface area contributed by atoms with E-state index < -0.39 is 0 Å². The molecular weight excluding hydrogens is 204 g/mol.